The van der Waals surface area contributed by atoms with Gasteiger partial charge >= 0.3 is 0 Å². The zero-order valence-corrected chi connectivity index (χ0v) is 24.7. The number of rotatable bonds is 5. The lowest BCUT2D eigenvalue weighted by molar-refractivity contribution is 1.10. The Morgan fingerprint density at radius 1 is 0.426 bits per heavy atom. The highest BCUT2D eigenvalue weighted by atomic mass is 15.1. The summed E-state index contributed by atoms with van der Waals surface area (Å²) < 4.78 is 116. The van der Waals surface area contributed by atoms with Crippen LogP contribution in [0.1, 0.15) is 17.8 Å². The van der Waals surface area contributed by atoms with Crippen molar-refractivity contribution >= 4 is 32.6 Å². The third-order valence-electron chi connectivity index (χ3n) is 8.32. The summed E-state index contributed by atoms with van der Waals surface area (Å²) in [5, 5.41) is 0.124. The number of hydrogen-bond acceptors (Lipinski definition) is 1. The summed E-state index contributed by atoms with van der Waals surface area (Å²) in [6.45, 7) is 0. The van der Waals surface area contributed by atoms with Gasteiger partial charge in [-0.05, 0) is 79.2 Å². The van der Waals surface area contributed by atoms with Crippen LogP contribution < -0.4 is 0 Å². The Kier molecular flexibility index (Phi) is 4.05. The van der Waals surface area contributed by atoms with Crippen LogP contribution in [0.4, 0.5) is 0 Å². The van der Waals surface area contributed by atoms with E-state index >= 15 is 0 Å². The Balaban J connectivity index is 1.40. The number of para-hydroxylation sites is 2. The van der Waals surface area contributed by atoms with Crippen LogP contribution >= 0.6 is 0 Å². The van der Waals surface area contributed by atoms with Gasteiger partial charge in [0.05, 0.1) is 28.9 Å². The van der Waals surface area contributed by atoms with Gasteiger partial charge in [0.15, 0.2) is 0 Å². The van der Waals surface area contributed by atoms with Gasteiger partial charge in [0.2, 0.25) is 0 Å². The van der Waals surface area contributed by atoms with Crippen LogP contribution in [0, 0.1) is 0 Å². The zero-order valence-electron chi connectivity index (χ0n) is 37.7. The summed E-state index contributed by atoms with van der Waals surface area (Å²) in [6, 6.07) is 24.6. The largest absolute Gasteiger partial charge is 0.292 e. The molecule has 0 aliphatic heterocycles. The van der Waals surface area contributed by atoms with Crippen LogP contribution in [0.2, 0.25) is 0 Å². The van der Waals surface area contributed by atoms with Crippen LogP contribution in [-0.2, 0) is 0 Å². The van der Waals surface area contributed by atoms with Crippen LogP contribution in [0.5, 0.6) is 0 Å². The first-order valence-corrected chi connectivity index (χ1v) is 15.0. The molecule has 0 aliphatic carbocycles. The van der Waals surface area contributed by atoms with Crippen molar-refractivity contribution in [3.63, 3.8) is 0 Å². The van der Waals surface area contributed by atoms with Crippen molar-refractivity contribution in [1.29, 1.82) is 0 Å². The number of aromatic nitrogens is 2. The van der Waals surface area contributed by atoms with Crippen molar-refractivity contribution in [2.45, 2.75) is 0 Å². The van der Waals surface area contributed by atoms with E-state index in [1.807, 2.05) is 71.3 Å². The van der Waals surface area contributed by atoms with Crippen molar-refractivity contribution in [3.05, 3.63) is 182 Å². The molecule has 0 atom stereocenters. The lowest BCUT2D eigenvalue weighted by Gasteiger charge is -2.19. The fourth-order valence-electron chi connectivity index (χ4n) is 6.27. The molecule has 0 amide bonds. The Labute approximate surface area is 292 Å². The predicted octanol–water partition coefficient (Wildman–Crippen LogP) is 12.0. The molecule has 0 N–H and O–H groups in total. The van der Waals surface area contributed by atoms with Gasteiger partial charge in [0, 0.05) is 11.3 Å². The molecule has 1 heterocycles. The normalized spacial score (nSPS) is 15.3. The minimum atomic E-state index is -0.540. The molecule has 2 heteroatoms. The van der Waals surface area contributed by atoms with Gasteiger partial charge in [-0.3, -0.25) is 4.57 Å². The molecule has 0 aliphatic rings. The summed E-state index contributed by atoms with van der Waals surface area (Å²) in [7, 11) is 0. The molecule has 1 aromatic heterocycles. The average Bonchev–Trinajstić information content (AvgIpc) is 3.67. The van der Waals surface area contributed by atoms with Gasteiger partial charge in [0.1, 0.15) is 5.82 Å². The van der Waals surface area contributed by atoms with E-state index in [0.717, 1.165) is 16.6 Å². The van der Waals surface area contributed by atoms with Crippen molar-refractivity contribution in [3.8, 4) is 50.5 Å². The average molecular weight is 612 g/mol. The molecule has 0 fully saturated rings. The zero-order chi connectivity index (χ0) is 42.5. The lowest BCUT2D eigenvalue weighted by Crippen LogP contribution is -1.98. The van der Waals surface area contributed by atoms with E-state index in [0.29, 0.717) is 22.6 Å². The number of nitrogens with zero attached hydrogens (tertiary/aromatic N) is 2. The first-order valence-electron chi connectivity index (χ1n) is 21.5. The minimum Gasteiger partial charge on any atom is -0.292 e. The maximum absolute atomic E-state index is 9.38. The van der Waals surface area contributed by atoms with E-state index < -0.39 is 78.6 Å². The number of benzene rings is 8. The van der Waals surface area contributed by atoms with Crippen LogP contribution in [-0.4, -0.2) is 9.55 Å². The lowest BCUT2D eigenvalue weighted by atomic mass is 9.85. The second-order valence-electron chi connectivity index (χ2n) is 11.0. The van der Waals surface area contributed by atoms with Gasteiger partial charge in [-0.1, -0.05) is 157 Å². The fraction of sp³-hybridized carbons (Fsp3) is 0. The monoisotopic (exact) mass is 611 g/mol. The SMILES string of the molecule is [2H]c1c([2H])c([2H])c(-c2ccc(-c3c4c([2H])c([2H])c([2H])c([2H])c4c(-c4cccc(-n5c(-c6ccccc6)nc6ccccc65)c4)c4c([2H])c([2H])c([2H])c([2H])c34)cc2)c([2H])c1[2H]. The molecule has 0 bridgehead atoms. The summed E-state index contributed by atoms with van der Waals surface area (Å²) in [5.74, 6) is 0.648. The molecule has 47 heavy (non-hydrogen) atoms. The molecule has 220 valence electrons. The number of imidazole rings is 1. The highest BCUT2D eigenvalue weighted by molar-refractivity contribution is 6.21. The van der Waals surface area contributed by atoms with E-state index in [4.69, 9.17) is 17.3 Å². The summed E-state index contributed by atoms with van der Waals surface area (Å²) in [5.41, 5.74) is 4.33. The van der Waals surface area contributed by atoms with Crippen molar-refractivity contribution in [2.24, 2.45) is 0 Å². The first-order chi connectivity index (χ1) is 28.7. The van der Waals surface area contributed by atoms with Gasteiger partial charge < -0.3 is 0 Å². The summed E-state index contributed by atoms with van der Waals surface area (Å²) >= 11 is 0. The van der Waals surface area contributed by atoms with E-state index in [-0.39, 0.29) is 43.8 Å². The number of hydrogen-bond donors (Lipinski definition) is 0. The Morgan fingerprint density at radius 2 is 0.979 bits per heavy atom. The highest BCUT2D eigenvalue weighted by Gasteiger charge is 2.19. The van der Waals surface area contributed by atoms with E-state index in [1.165, 1.54) is 12.1 Å². The maximum Gasteiger partial charge on any atom is 0.145 e. The third-order valence-corrected chi connectivity index (χ3v) is 8.32. The quantitative estimate of drug-likeness (QED) is 0.177. The van der Waals surface area contributed by atoms with Crippen molar-refractivity contribution < 1.29 is 17.8 Å². The number of fused-ring (bicyclic) bond motifs is 3. The maximum atomic E-state index is 9.38. The molecule has 0 saturated heterocycles. The van der Waals surface area contributed by atoms with Crippen LogP contribution in [0.3, 0.4) is 0 Å². The Bertz CT molecular complexity index is 3180. The van der Waals surface area contributed by atoms with Gasteiger partial charge in [-0.15, -0.1) is 0 Å². The Hall–Kier alpha value is -6.25. The predicted molar refractivity (Wildman–Crippen MR) is 198 cm³/mol. The van der Waals surface area contributed by atoms with Gasteiger partial charge in [0.25, 0.3) is 0 Å². The second-order valence-corrected chi connectivity index (χ2v) is 11.0. The standard InChI is InChI=1S/C45H30N2/c1-3-14-31(15-4-1)32-26-28-33(29-27-32)43-37-20-7-9-22-39(37)44(40-23-10-8-21-38(40)43)35-18-13-19-36(30-35)47-42-25-12-11-24-41(42)46-45(47)34-16-5-2-6-17-34/h1-30H/i1D,3D,4D,7D,8D,9D,10D,14D,15D,20D,21D,22D,23D. The molecule has 0 spiro atoms. The Morgan fingerprint density at radius 3 is 1.66 bits per heavy atom. The second kappa shape index (κ2) is 11.3. The van der Waals surface area contributed by atoms with Gasteiger partial charge in [-0.2, -0.15) is 0 Å². The highest BCUT2D eigenvalue weighted by Crippen LogP contribution is 2.44. The molecular weight excluding hydrogens is 569 g/mol. The molecule has 8 aromatic carbocycles. The molecular formula is C45H30N2. The van der Waals surface area contributed by atoms with Gasteiger partial charge in [-0.25, -0.2) is 4.98 Å². The topological polar surface area (TPSA) is 17.8 Å². The molecule has 0 unspecified atom stereocenters. The summed E-state index contributed by atoms with van der Waals surface area (Å²) in [6.07, 6.45) is 0. The minimum absolute atomic E-state index is 0.0209. The van der Waals surface area contributed by atoms with Crippen LogP contribution in [0.15, 0.2) is 182 Å². The van der Waals surface area contributed by atoms with Crippen molar-refractivity contribution in [2.75, 3.05) is 0 Å². The van der Waals surface area contributed by atoms with E-state index in [1.54, 1.807) is 24.3 Å². The molecule has 9 aromatic rings. The van der Waals surface area contributed by atoms with Crippen molar-refractivity contribution in [1.82, 2.24) is 9.55 Å². The first kappa shape index (κ1) is 16.9. The molecule has 9 rings (SSSR count). The summed E-state index contributed by atoms with van der Waals surface area (Å²) in [4.78, 5) is 4.96. The van der Waals surface area contributed by atoms with E-state index in [2.05, 4.69) is 0 Å². The molecule has 0 radical (unpaired) electrons. The van der Waals surface area contributed by atoms with Crippen LogP contribution in [0.25, 0.3) is 83.0 Å². The molecule has 0 saturated carbocycles. The van der Waals surface area contributed by atoms with E-state index in [9.17, 15) is 5.48 Å². The third kappa shape index (κ3) is 4.62. The fourth-order valence-corrected chi connectivity index (χ4v) is 6.27. The molecule has 2 nitrogen and oxygen atoms in total. The smallest absolute Gasteiger partial charge is 0.145 e.